The molecular weight excluding hydrogens is 366 g/mol. The number of hydrogen-bond acceptors (Lipinski definition) is 5. The molecule has 1 unspecified atom stereocenters. The third-order valence-corrected chi connectivity index (χ3v) is 5.71. The number of aryl methyl sites for hydroxylation is 1. The van der Waals surface area contributed by atoms with Crippen LogP contribution in [0, 0.1) is 6.92 Å². The molecule has 142 valence electrons. The molecule has 0 bridgehead atoms. The van der Waals surface area contributed by atoms with Crippen LogP contribution in [-0.2, 0) is 14.8 Å². The van der Waals surface area contributed by atoms with Crippen molar-refractivity contribution >= 4 is 28.3 Å². The number of sulfonamides is 1. The zero-order valence-electron chi connectivity index (χ0n) is 14.7. The smallest absolute Gasteiger partial charge is 0.254 e. The second-order valence-electron chi connectivity index (χ2n) is 5.93. The van der Waals surface area contributed by atoms with Crippen LogP contribution >= 0.6 is 12.4 Å². The van der Waals surface area contributed by atoms with E-state index >= 15 is 0 Å². The van der Waals surface area contributed by atoms with Crippen LogP contribution in [0.1, 0.15) is 22.3 Å². The molecule has 0 aliphatic carbocycles. The Bertz CT molecular complexity index is 691. The van der Waals surface area contributed by atoms with E-state index in [9.17, 15) is 13.2 Å². The molecule has 0 aromatic heterocycles. The van der Waals surface area contributed by atoms with Gasteiger partial charge in [-0.15, -0.1) is 12.4 Å². The summed E-state index contributed by atoms with van der Waals surface area (Å²) in [5, 5.41) is 3.23. The summed E-state index contributed by atoms with van der Waals surface area (Å²) in [5.41, 5.74) is 1.17. The Balaban J connectivity index is 0.00000312. The summed E-state index contributed by atoms with van der Waals surface area (Å²) in [5.74, 6) is -0.157. The molecule has 1 atom stereocenters. The number of ether oxygens (including phenoxy) is 1. The number of carbonyl (C=O) groups excluding carboxylic acids is 1. The van der Waals surface area contributed by atoms with E-state index in [0.29, 0.717) is 5.56 Å². The van der Waals surface area contributed by atoms with E-state index in [1.807, 2.05) is 6.92 Å². The van der Waals surface area contributed by atoms with Gasteiger partial charge in [0.2, 0.25) is 10.0 Å². The molecule has 1 aliphatic heterocycles. The number of likely N-dealkylation sites (N-methyl/N-ethyl adjacent to an activating group) is 1. The van der Waals surface area contributed by atoms with Crippen LogP contribution in [0.25, 0.3) is 0 Å². The Morgan fingerprint density at radius 2 is 2.16 bits per heavy atom. The van der Waals surface area contributed by atoms with Crippen LogP contribution in [0.4, 0.5) is 0 Å². The highest BCUT2D eigenvalue weighted by Crippen LogP contribution is 2.19. The minimum Gasteiger partial charge on any atom is -0.383 e. The fourth-order valence-corrected chi connectivity index (χ4v) is 3.72. The fraction of sp³-hybridized carbons (Fsp3) is 0.562. The number of amides is 1. The first-order valence-corrected chi connectivity index (χ1v) is 9.42. The van der Waals surface area contributed by atoms with Crippen LogP contribution in [0.3, 0.4) is 0 Å². The number of carbonyl (C=O) groups is 1. The SMILES string of the molecule is COCCNS(=O)(=O)c1ccc(C)c(C(=O)N(C)C2CCNC2)c1.Cl. The number of nitrogens with one attached hydrogen (secondary N) is 2. The number of hydrogen-bond donors (Lipinski definition) is 2. The van der Waals surface area contributed by atoms with E-state index in [4.69, 9.17) is 4.74 Å². The lowest BCUT2D eigenvalue weighted by atomic mass is 10.1. The lowest BCUT2D eigenvalue weighted by molar-refractivity contribution is 0.0743. The summed E-state index contributed by atoms with van der Waals surface area (Å²) >= 11 is 0. The molecule has 1 heterocycles. The molecule has 25 heavy (non-hydrogen) atoms. The van der Waals surface area contributed by atoms with Crippen molar-refractivity contribution in [3.05, 3.63) is 29.3 Å². The van der Waals surface area contributed by atoms with Gasteiger partial charge in [0.05, 0.1) is 11.5 Å². The molecule has 9 heteroatoms. The molecule has 1 fully saturated rings. The molecule has 0 radical (unpaired) electrons. The Morgan fingerprint density at radius 1 is 1.44 bits per heavy atom. The number of halogens is 1. The van der Waals surface area contributed by atoms with E-state index in [1.54, 1.807) is 18.0 Å². The topological polar surface area (TPSA) is 87.7 Å². The average Bonchev–Trinajstić information content (AvgIpc) is 3.08. The van der Waals surface area contributed by atoms with Crippen LogP contribution in [0.5, 0.6) is 0 Å². The molecule has 1 amide bonds. The molecule has 7 nitrogen and oxygen atoms in total. The van der Waals surface area contributed by atoms with Gasteiger partial charge in [0.1, 0.15) is 0 Å². The van der Waals surface area contributed by atoms with Crippen molar-refractivity contribution < 1.29 is 17.9 Å². The second kappa shape index (κ2) is 9.49. The first kappa shape index (κ1) is 21.9. The van der Waals surface area contributed by atoms with Crippen LogP contribution in [-0.4, -0.2) is 65.7 Å². The molecule has 1 aromatic carbocycles. The average molecular weight is 392 g/mol. The van der Waals surface area contributed by atoms with E-state index in [0.717, 1.165) is 25.1 Å². The van der Waals surface area contributed by atoms with E-state index in [1.165, 1.54) is 19.2 Å². The zero-order valence-corrected chi connectivity index (χ0v) is 16.4. The largest absolute Gasteiger partial charge is 0.383 e. The lowest BCUT2D eigenvalue weighted by Crippen LogP contribution is -2.38. The van der Waals surface area contributed by atoms with Crippen molar-refractivity contribution in [1.29, 1.82) is 0 Å². The Labute approximate surface area is 155 Å². The molecule has 0 spiro atoms. The van der Waals surface area contributed by atoms with Crippen LogP contribution in [0.15, 0.2) is 23.1 Å². The highest BCUT2D eigenvalue weighted by Gasteiger charge is 2.26. The van der Waals surface area contributed by atoms with Crippen molar-refractivity contribution in [2.75, 3.05) is 40.4 Å². The summed E-state index contributed by atoms with van der Waals surface area (Å²) in [4.78, 5) is 14.5. The molecule has 1 saturated heterocycles. The molecule has 2 rings (SSSR count). The van der Waals surface area contributed by atoms with Crippen molar-refractivity contribution in [3.63, 3.8) is 0 Å². The predicted molar refractivity (Wildman–Crippen MR) is 98.9 cm³/mol. The third kappa shape index (κ3) is 5.39. The maximum absolute atomic E-state index is 12.8. The highest BCUT2D eigenvalue weighted by atomic mass is 35.5. The second-order valence-corrected chi connectivity index (χ2v) is 7.70. The van der Waals surface area contributed by atoms with E-state index in [-0.39, 0.29) is 42.4 Å². The monoisotopic (exact) mass is 391 g/mol. The van der Waals surface area contributed by atoms with E-state index in [2.05, 4.69) is 10.0 Å². The van der Waals surface area contributed by atoms with Crippen molar-refractivity contribution in [3.8, 4) is 0 Å². The Kier molecular flexibility index (Phi) is 8.30. The van der Waals surface area contributed by atoms with Crippen LogP contribution in [0.2, 0.25) is 0 Å². The van der Waals surface area contributed by atoms with Crippen molar-refractivity contribution in [2.45, 2.75) is 24.3 Å². The summed E-state index contributed by atoms with van der Waals surface area (Å²) in [7, 11) is -0.397. The van der Waals surface area contributed by atoms with E-state index < -0.39 is 10.0 Å². The predicted octanol–water partition coefficient (Wildman–Crippen LogP) is 0.775. The third-order valence-electron chi connectivity index (χ3n) is 4.25. The van der Waals surface area contributed by atoms with Crippen molar-refractivity contribution in [2.24, 2.45) is 0 Å². The quantitative estimate of drug-likeness (QED) is 0.670. The molecule has 1 aliphatic rings. The molecule has 2 N–H and O–H groups in total. The maximum Gasteiger partial charge on any atom is 0.254 e. The maximum atomic E-state index is 12.8. The van der Waals surface area contributed by atoms with Gasteiger partial charge < -0.3 is 15.0 Å². The summed E-state index contributed by atoms with van der Waals surface area (Å²) in [6.07, 6.45) is 0.901. The van der Waals surface area contributed by atoms with Crippen molar-refractivity contribution in [1.82, 2.24) is 14.9 Å². The first-order valence-electron chi connectivity index (χ1n) is 7.94. The molecule has 1 aromatic rings. The van der Waals surface area contributed by atoms with Gasteiger partial charge in [0.15, 0.2) is 0 Å². The van der Waals surface area contributed by atoms with Gasteiger partial charge >= 0.3 is 0 Å². The standard InChI is InChI=1S/C16H25N3O4S.ClH/c1-12-4-5-14(24(21,22)18-8-9-23-3)10-15(12)16(20)19(2)13-6-7-17-11-13;/h4-5,10,13,17-18H,6-9,11H2,1-3H3;1H. The van der Waals surface area contributed by atoms with Gasteiger partial charge in [0, 0.05) is 38.9 Å². The van der Waals surface area contributed by atoms with Gasteiger partial charge in [0.25, 0.3) is 5.91 Å². The summed E-state index contributed by atoms with van der Waals surface area (Å²) < 4.78 is 31.9. The van der Waals surface area contributed by atoms with Crippen LogP contribution < -0.4 is 10.0 Å². The minimum absolute atomic E-state index is 0. The Hall–Kier alpha value is -1.19. The number of rotatable bonds is 7. The lowest BCUT2D eigenvalue weighted by Gasteiger charge is -2.24. The summed E-state index contributed by atoms with van der Waals surface area (Å²) in [6.45, 7) is 3.93. The normalized spacial score (nSPS) is 17.2. The first-order chi connectivity index (χ1) is 11.4. The van der Waals surface area contributed by atoms with Gasteiger partial charge in [-0.1, -0.05) is 6.07 Å². The number of methoxy groups -OCH3 is 1. The molecular formula is C16H26ClN3O4S. The number of nitrogens with zero attached hydrogens (tertiary/aromatic N) is 1. The molecule has 0 saturated carbocycles. The summed E-state index contributed by atoms with van der Waals surface area (Å²) in [6, 6.07) is 4.76. The van der Waals surface area contributed by atoms with Gasteiger partial charge in [-0.2, -0.15) is 0 Å². The fourth-order valence-electron chi connectivity index (χ4n) is 2.69. The highest BCUT2D eigenvalue weighted by molar-refractivity contribution is 7.89. The van der Waals surface area contributed by atoms with Gasteiger partial charge in [-0.3, -0.25) is 4.79 Å². The van der Waals surface area contributed by atoms with Gasteiger partial charge in [-0.05, 0) is 37.6 Å². The Morgan fingerprint density at radius 3 is 2.76 bits per heavy atom. The zero-order chi connectivity index (χ0) is 17.7. The minimum atomic E-state index is -3.66. The number of benzene rings is 1. The van der Waals surface area contributed by atoms with Gasteiger partial charge in [-0.25, -0.2) is 13.1 Å².